The average Bonchev–Trinajstić information content (AvgIpc) is 2.88. The van der Waals surface area contributed by atoms with Crippen molar-refractivity contribution in [1.82, 2.24) is 0 Å². The van der Waals surface area contributed by atoms with Gasteiger partial charge in [0.1, 0.15) is 0 Å². The Morgan fingerprint density at radius 2 is 2.25 bits per heavy atom. The van der Waals surface area contributed by atoms with E-state index < -0.39 is 0 Å². The van der Waals surface area contributed by atoms with Gasteiger partial charge in [0.25, 0.3) is 0 Å². The third-order valence-electron chi connectivity index (χ3n) is 3.77. The van der Waals surface area contributed by atoms with Gasteiger partial charge in [0.15, 0.2) is 0 Å². The lowest BCUT2D eigenvalue weighted by Gasteiger charge is -2.10. The van der Waals surface area contributed by atoms with Crippen LogP contribution in [-0.4, -0.2) is 10.7 Å². The maximum absolute atomic E-state index is 10.3. The number of hydrogen-bond donors (Lipinski definition) is 1. The van der Waals surface area contributed by atoms with Gasteiger partial charge in [0.2, 0.25) is 0 Å². The minimum atomic E-state index is -0.334. The first kappa shape index (κ1) is 11.7. The van der Waals surface area contributed by atoms with Gasteiger partial charge in [-0.1, -0.05) is 43.2 Å². The van der Waals surface area contributed by atoms with Crippen LogP contribution in [0.5, 0.6) is 0 Å². The van der Waals surface area contributed by atoms with Gasteiger partial charge in [0, 0.05) is 0 Å². The van der Waals surface area contributed by atoms with Crippen molar-refractivity contribution in [2.75, 3.05) is 0 Å². The van der Waals surface area contributed by atoms with Gasteiger partial charge in [0.05, 0.1) is 5.60 Å². The van der Waals surface area contributed by atoms with Crippen molar-refractivity contribution in [3.8, 4) is 0 Å². The van der Waals surface area contributed by atoms with E-state index in [4.69, 9.17) is 0 Å². The van der Waals surface area contributed by atoms with Crippen molar-refractivity contribution in [1.29, 1.82) is 0 Å². The van der Waals surface area contributed by atoms with Gasteiger partial charge in [-0.15, -0.1) is 0 Å². The van der Waals surface area contributed by atoms with Crippen molar-refractivity contribution in [3.05, 3.63) is 35.4 Å². The topological polar surface area (TPSA) is 20.2 Å². The third-order valence-corrected chi connectivity index (χ3v) is 3.77. The minimum Gasteiger partial charge on any atom is -0.390 e. The first-order valence-electron chi connectivity index (χ1n) is 6.42. The summed E-state index contributed by atoms with van der Waals surface area (Å²) in [6.07, 6.45) is 5.34. The number of rotatable bonds is 5. The van der Waals surface area contributed by atoms with E-state index >= 15 is 0 Å². The van der Waals surface area contributed by atoms with E-state index in [1.54, 1.807) is 0 Å². The predicted octanol–water partition coefficient (Wildman–Crippen LogP) is 3.48. The van der Waals surface area contributed by atoms with Crippen molar-refractivity contribution in [3.63, 3.8) is 0 Å². The minimum absolute atomic E-state index is 0.334. The van der Waals surface area contributed by atoms with Crippen molar-refractivity contribution in [2.45, 2.75) is 51.6 Å². The molecule has 0 bridgehead atoms. The van der Waals surface area contributed by atoms with Crippen LogP contribution in [0.2, 0.25) is 0 Å². The lowest BCUT2D eigenvalue weighted by molar-refractivity contribution is 0.119. The molecule has 2 unspecified atom stereocenters. The van der Waals surface area contributed by atoms with Crippen molar-refractivity contribution >= 4 is 0 Å². The fraction of sp³-hybridized carbons (Fsp3) is 0.600. The zero-order valence-electron chi connectivity index (χ0n) is 10.4. The number of benzene rings is 1. The molecule has 0 aliphatic heterocycles. The van der Waals surface area contributed by atoms with Crippen molar-refractivity contribution < 1.29 is 5.11 Å². The standard InChI is InChI=1S/C15H22O/c1-3-5-14-11-15(14,16)9-8-13-7-4-6-12(2)10-13/h4,6-7,10,14,16H,3,5,8-9,11H2,1-2H3. The summed E-state index contributed by atoms with van der Waals surface area (Å²) in [6.45, 7) is 4.31. The smallest absolute Gasteiger partial charge is 0.0683 e. The van der Waals surface area contributed by atoms with E-state index in [0.29, 0.717) is 5.92 Å². The number of hydrogen-bond acceptors (Lipinski definition) is 1. The molecule has 1 aromatic rings. The largest absolute Gasteiger partial charge is 0.390 e. The summed E-state index contributed by atoms with van der Waals surface area (Å²) in [5.41, 5.74) is 2.33. The molecule has 2 rings (SSSR count). The Bertz CT molecular complexity index is 358. The second-order valence-electron chi connectivity index (χ2n) is 5.28. The fourth-order valence-electron chi connectivity index (χ4n) is 2.62. The third kappa shape index (κ3) is 2.65. The Morgan fingerprint density at radius 1 is 1.44 bits per heavy atom. The molecule has 1 aliphatic carbocycles. The first-order chi connectivity index (χ1) is 7.64. The number of aliphatic hydroxyl groups is 1. The molecule has 0 saturated heterocycles. The van der Waals surface area contributed by atoms with Crippen LogP contribution in [0.3, 0.4) is 0 Å². The van der Waals surface area contributed by atoms with E-state index in [2.05, 4.69) is 38.1 Å². The van der Waals surface area contributed by atoms with Crippen LogP contribution >= 0.6 is 0 Å². The molecule has 2 atom stereocenters. The molecule has 16 heavy (non-hydrogen) atoms. The summed E-state index contributed by atoms with van der Waals surface area (Å²) in [5.74, 6) is 0.572. The molecule has 0 heterocycles. The van der Waals surface area contributed by atoms with E-state index in [1.165, 1.54) is 24.0 Å². The summed E-state index contributed by atoms with van der Waals surface area (Å²) in [4.78, 5) is 0. The molecule has 1 heteroatoms. The van der Waals surface area contributed by atoms with E-state index in [1.807, 2.05) is 0 Å². The molecule has 0 amide bonds. The highest BCUT2D eigenvalue weighted by atomic mass is 16.3. The molecule has 0 aromatic heterocycles. The summed E-state index contributed by atoms with van der Waals surface area (Å²) >= 11 is 0. The molecule has 1 saturated carbocycles. The second kappa shape index (κ2) is 4.58. The SMILES string of the molecule is CCCC1CC1(O)CCc1cccc(C)c1. The Balaban J connectivity index is 1.84. The normalized spacial score (nSPS) is 28.1. The van der Waals surface area contributed by atoms with E-state index in [-0.39, 0.29) is 5.60 Å². The monoisotopic (exact) mass is 218 g/mol. The summed E-state index contributed by atoms with van der Waals surface area (Å²) in [5, 5.41) is 10.3. The summed E-state index contributed by atoms with van der Waals surface area (Å²) < 4.78 is 0. The maximum atomic E-state index is 10.3. The molecule has 1 nitrogen and oxygen atoms in total. The molecule has 1 N–H and O–H groups in total. The lowest BCUT2D eigenvalue weighted by Crippen LogP contribution is -2.12. The Hall–Kier alpha value is -0.820. The Labute approximate surface area is 98.5 Å². The fourth-order valence-corrected chi connectivity index (χ4v) is 2.62. The zero-order chi connectivity index (χ0) is 11.6. The highest BCUT2D eigenvalue weighted by molar-refractivity contribution is 5.23. The highest BCUT2D eigenvalue weighted by Gasteiger charge is 2.50. The van der Waals surface area contributed by atoms with Crippen LogP contribution in [0.15, 0.2) is 24.3 Å². The summed E-state index contributed by atoms with van der Waals surface area (Å²) in [7, 11) is 0. The van der Waals surface area contributed by atoms with E-state index in [9.17, 15) is 5.11 Å². The zero-order valence-corrected chi connectivity index (χ0v) is 10.4. The Kier molecular flexibility index (Phi) is 3.34. The predicted molar refractivity (Wildman–Crippen MR) is 67.5 cm³/mol. The molecule has 88 valence electrons. The Morgan fingerprint density at radius 3 is 2.94 bits per heavy atom. The van der Waals surface area contributed by atoms with Gasteiger partial charge in [-0.05, 0) is 44.1 Å². The molecule has 1 aromatic carbocycles. The van der Waals surface area contributed by atoms with Crippen LogP contribution < -0.4 is 0 Å². The van der Waals surface area contributed by atoms with E-state index in [0.717, 1.165) is 19.3 Å². The molecule has 1 fully saturated rings. The number of aryl methyl sites for hydroxylation is 2. The van der Waals surface area contributed by atoms with Gasteiger partial charge >= 0.3 is 0 Å². The molecule has 0 radical (unpaired) electrons. The van der Waals surface area contributed by atoms with Gasteiger partial charge in [-0.25, -0.2) is 0 Å². The van der Waals surface area contributed by atoms with Crippen LogP contribution in [0.1, 0.15) is 43.7 Å². The molecule has 1 aliphatic rings. The van der Waals surface area contributed by atoms with Crippen molar-refractivity contribution in [2.24, 2.45) is 5.92 Å². The quantitative estimate of drug-likeness (QED) is 0.802. The highest BCUT2D eigenvalue weighted by Crippen LogP contribution is 2.49. The van der Waals surface area contributed by atoms with Gasteiger partial charge in [-0.2, -0.15) is 0 Å². The first-order valence-corrected chi connectivity index (χ1v) is 6.42. The van der Waals surface area contributed by atoms with Crippen LogP contribution in [-0.2, 0) is 6.42 Å². The average molecular weight is 218 g/mol. The molecular weight excluding hydrogens is 196 g/mol. The lowest BCUT2D eigenvalue weighted by atomic mass is 10.0. The molecular formula is C15H22O. The molecule has 0 spiro atoms. The summed E-state index contributed by atoms with van der Waals surface area (Å²) in [6, 6.07) is 8.61. The van der Waals surface area contributed by atoms with Gasteiger partial charge < -0.3 is 5.11 Å². The maximum Gasteiger partial charge on any atom is 0.0683 e. The van der Waals surface area contributed by atoms with Gasteiger partial charge in [-0.3, -0.25) is 0 Å². The van der Waals surface area contributed by atoms with Crippen LogP contribution in [0.4, 0.5) is 0 Å². The van der Waals surface area contributed by atoms with Crippen LogP contribution in [0.25, 0.3) is 0 Å². The van der Waals surface area contributed by atoms with Crippen LogP contribution in [0, 0.1) is 12.8 Å². The second-order valence-corrected chi connectivity index (χ2v) is 5.28.